The van der Waals surface area contributed by atoms with Gasteiger partial charge in [0.1, 0.15) is 5.75 Å². The normalized spacial score (nSPS) is 23.4. The van der Waals surface area contributed by atoms with Gasteiger partial charge in [0, 0.05) is 5.54 Å². The fraction of sp³-hybridized carbons (Fsp3) is 0.571. The third kappa shape index (κ3) is 3.20. The van der Waals surface area contributed by atoms with E-state index in [-0.39, 0.29) is 11.6 Å². The largest absolute Gasteiger partial charge is 0.494 e. The van der Waals surface area contributed by atoms with Crippen molar-refractivity contribution in [3.8, 4) is 5.75 Å². The van der Waals surface area contributed by atoms with Crippen LogP contribution in [0.5, 0.6) is 5.75 Å². The van der Waals surface area contributed by atoms with Gasteiger partial charge >= 0.3 is 0 Å². The summed E-state index contributed by atoms with van der Waals surface area (Å²) in [6.45, 7) is 8.52. The lowest BCUT2D eigenvalue weighted by Crippen LogP contribution is -2.51. The molecule has 0 saturated carbocycles. The summed E-state index contributed by atoms with van der Waals surface area (Å²) in [4.78, 5) is 0. The molecule has 1 saturated heterocycles. The molecule has 1 aliphatic rings. The second-order valence-electron chi connectivity index (χ2n) is 5.10. The molecule has 1 unspecified atom stereocenters. The summed E-state index contributed by atoms with van der Waals surface area (Å²) >= 11 is 0. The van der Waals surface area contributed by atoms with Crippen molar-refractivity contribution in [3.05, 3.63) is 29.8 Å². The van der Waals surface area contributed by atoms with Crippen molar-refractivity contribution in [2.75, 3.05) is 19.8 Å². The van der Waals surface area contributed by atoms with Crippen LogP contribution in [0.25, 0.3) is 0 Å². The molecule has 94 valence electrons. The van der Waals surface area contributed by atoms with E-state index in [2.05, 4.69) is 31.3 Å². The molecule has 1 fully saturated rings. The van der Waals surface area contributed by atoms with Gasteiger partial charge in [0.05, 0.1) is 25.9 Å². The number of hydrogen-bond donors (Lipinski definition) is 1. The molecule has 0 amide bonds. The summed E-state index contributed by atoms with van der Waals surface area (Å²) in [6, 6.07) is 8.51. The van der Waals surface area contributed by atoms with Gasteiger partial charge in [-0.2, -0.15) is 0 Å². The maximum atomic E-state index is 5.64. The van der Waals surface area contributed by atoms with Gasteiger partial charge in [-0.1, -0.05) is 12.1 Å². The summed E-state index contributed by atoms with van der Waals surface area (Å²) in [5.74, 6) is 0.923. The van der Waals surface area contributed by atoms with E-state index in [0.717, 1.165) is 19.0 Å². The van der Waals surface area contributed by atoms with E-state index in [4.69, 9.17) is 9.47 Å². The third-order valence-electron chi connectivity index (χ3n) is 2.91. The molecular formula is C14H21NO2. The van der Waals surface area contributed by atoms with E-state index in [1.54, 1.807) is 0 Å². The smallest absolute Gasteiger partial charge is 0.119 e. The van der Waals surface area contributed by atoms with Gasteiger partial charge < -0.3 is 14.8 Å². The van der Waals surface area contributed by atoms with Crippen molar-refractivity contribution in [1.82, 2.24) is 5.32 Å². The molecule has 1 aliphatic heterocycles. The fourth-order valence-corrected chi connectivity index (χ4v) is 2.13. The second-order valence-corrected chi connectivity index (χ2v) is 5.10. The average Bonchev–Trinajstić information content (AvgIpc) is 2.29. The molecule has 1 aromatic carbocycles. The number of ether oxygens (including phenoxy) is 2. The van der Waals surface area contributed by atoms with Crippen LogP contribution in [0, 0.1) is 0 Å². The molecule has 1 atom stereocenters. The first-order chi connectivity index (χ1) is 8.11. The molecule has 0 bridgehead atoms. The zero-order valence-electron chi connectivity index (χ0n) is 10.8. The van der Waals surface area contributed by atoms with Crippen molar-refractivity contribution in [2.24, 2.45) is 0 Å². The maximum absolute atomic E-state index is 5.64. The highest BCUT2D eigenvalue weighted by molar-refractivity contribution is 5.29. The Labute approximate surface area is 103 Å². The molecule has 0 spiro atoms. The molecule has 17 heavy (non-hydrogen) atoms. The minimum atomic E-state index is 0.0432. The fourth-order valence-electron chi connectivity index (χ4n) is 2.13. The molecule has 3 heteroatoms. The maximum Gasteiger partial charge on any atom is 0.119 e. The minimum Gasteiger partial charge on any atom is -0.494 e. The van der Waals surface area contributed by atoms with Crippen LogP contribution >= 0.6 is 0 Å². The first kappa shape index (κ1) is 12.4. The Balaban J connectivity index is 2.06. The zero-order valence-corrected chi connectivity index (χ0v) is 10.8. The molecule has 0 aliphatic carbocycles. The minimum absolute atomic E-state index is 0.0432. The lowest BCUT2D eigenvalue weighted by molar-refractivity contribution is 0.0127. The quantitative estimate of drug-likeness (QED) is 0.873. The van der Waals surface area contributed by atoms with Gasteiger partial charge in [-0.3, -0.25) is 0 Å². The summed E-state index contributed by atoms with van der Waals surface area (Å²) in [6.07, 6.45) is 0. The molecule has 3 nitrogen and oxygen atoms in total. The number of morpholine rings is 1. The van der Waals surface area contributed by atoms with Crippen LogP contribution in [0.4, 0.5) is 0 Å². The number of rotatable bonds is 3. The topological polar surface area (TPSA) is 30.5 Å². The molecule has 1 heterocycles. The Bertz CT molecular complexity index is 359. The van der Waals surface area contributed by atoms with Crippen LogP contribution in [0.3, 0.4) is 0 Å². The van der Waals surface area contributed by atoms with Crippen molar-refractivity contribution in [2.45, 2.75) is 32.4 Å². The first-order valence-electron chi connectivity index (χ1n) is 6.19. The molecule has 1 aromatic rings. The van der Waals surface area contributed by atoms with E-state index < -0.39 is 0 Å². The highest BCUT2D eigenvalue weighted by Gasteiger charge is 2.28. The van der Waals surface area contributed by atoms with Gasteiger partial charge in [0.2, 0.25) is 0 Å². The Kier molecular flexibility index (Phi) is 3.69. The summed E-state index contributed by atoms with van der Waals surface area (Å²) < 4.78 is 11.1. The van der Waals surface area contributed by atoms with Crippen molar-refractivity contribution >= 4 is 0 Å². The van der Waals surface area contributed by atoms with E-state index in [1.807, 2.05) is 19.1 Å². The Morgan fingerprint density at radius 2 is 2.06 bits per heavy atom. The lowest BCUT2D eigenvalue weighted by Gasteiger charge is -2.37. The molecule has 0 aromatic heterocycles. The number of hydrogen-bond acceptors (Lipinski definition) is 3. The van der Waals surface area contributed by atoms with Crippen LogP contribution in [-0.2, 0) is 4.74 Å². The molecular weight excluding hydrogens is 214 g/mol. The zero-order chi connectivity index (χ0) is 12.3. The monoisotopic (exact) mass is 235 g/mol. The Morgan fingerprint density at radius 3 is 2.65 bits per heavy atom. The first-order valence-corrected chi connectivity index (χ1v) is 6.19. The standard InChI is InChI=1S/C14H21NO2/c1-4-17-12-7-5-11(6-8-12)13-9-16-10-14(2,3)15-13/h5-8,13,15H,4,9-10H2,1-3H3. The van der Waals surface area contributed by atoms with Gasteiger partial charge in [-0.15, -0.1) is 0 Å². The van der Waals surface area contributed by atoms with Gasteiger partial charge in [0.15, 0.2) is 0 Å². The molecule has 2 rings (SSSR count). The van der Waals surface area contributed by atoms with E-state index in [9.17, 15) is 0 Å². The van der Waals surface area contributed by atoms with Crippen LogP contribution in [0.15, 0.2) is 24.3 Å². The summed E-state index contributed by atoms with van der Waals surface area (Å²) in [7, 11) is 0. The van der Waals surface area contributed by atoms with E-state index >= 15 is 0 Å². The lowest BCUT2D eigenvalue weighted by atomic mass is 9.99. The van der Waals surface area contributed by atoms with Crippen LogP contribution in [0.2, 0.25) is 0 Å². The number of benzene rings is 1. The van der Waals surface area contributed by atoms with Gasteiger partial charge in [-0.25, -0.2) is 0 Å². The highest BCUT2D eigenvalue weighted by Crippen LogP contribution is 2.24. The SMILES string of the molecule is CCOc1ccc(C2COCC(C)(C)N2)cc1. The predicted octanol–water partition coefficient (Wildman–Crippen LogP) is 2.52. The van der Waals surface area contributed by atoms with E-state index in [1.165, 1.54) is 5.56 Å². The van der Waals surface area contributed by atoms with Gasteiger partial charge in [-0.05, 0) is 38.5 Å². The number of nitrogens with one attached hydrogen (secondary N) is 1. The average molecular weight is 235 g/mol. The molecule has 1 N–H and O–H groups in total. The molecule has 0 radical (unpaired) electrons. The summed E-state index contributed by atoms with van der Waals surface area (Å²) in [5.41, 5.74) is 1.29. The summed E-state index contributed by atoms with van der Waals surface area (Å²) in [5, 5.41) is 3.59. The van der Waals surface area contributed by atoms with Crippen LogP contribution in [0.1, 0.15) is 32.4 Å². The predicted molar refractivity (Wildman–Crippen MR) is 68.4 cm³/mol. The van der Waals surface area contributed by atoms with Crippen LogP contribution in [-0.4, -0.2) is 25.4 Å². The third-order valence-corrected chi connectivity index (χ3v) is 2.91. The van der Waals surface area contributed by atoms with Gasteiger partial charge in [0.25, 0.3) is 0 Å². The van der Waals surface area contributed by atoms with Crippen molar-refractivity contribution in [3.63, 3.8) is 0 Å². The van der Waals surface area contributed by atoms with E-state index in [0.29, 0.717) is 6.61 Å². The van der Waals surface area contributed by atoms with Crippen LogP contribution < -0.4 is 10.1 Å². The van der Waals surface area contributed by atoms with Crippen molar-refractivity contribution < 1.29 is 9.47 Å². The Hall–Kier alpha value is -1.06. The second kappa shape index (κ2) is 5.07. The highest BCUT2D eigenvalue weighted by atomic mass is 16.5. The Morgan fingerprint density at radius 1 is 1.35 bits per heavy atom. The van der Waals surface area contributed by atoms with Crippen molar-refractivity contribution in [1.29, 1.82) is 0 Å².